The maximum Gasteiger partial charge on any atom is 0.394 e. The number of amides is 1. The molecule has 0 spiro atoms. The lowest BCUT2D eigenvalue weighted by Crippen LogP contribution is -2.34. The number of likely N-dealkylation sites (tertiary alicyclic amines) is 1. The van der Waals surface area contributed by atoms with Gasteiger partial charge in [-0.1, -0.05) is 6.07 Å². The summed E-state index contributed by atoms with van der Waals surface area (Å²) in [6.45, 7) is -0.0873. The zero-order chi connectivity index (χ0) is 19.3. The zero-order valence-electron chi connectivity index (χ0n) is 14.2. The zero-order valence-corrected chi connectivity index (χ0v) is 14.2. The van der Waals surface area contributed by atoms with Crippen LogP contribution >= 0.6 is 0 Å². The van der Waals surface area contributed by atoms with Gasteiger partial charge in [-0.25, -0.2) is 0 Å². The van der Waals surface area contributed by atoms with E-state index in [1.54, 1.807) is 12.1 Å². The first kappa shape index (κ1) is 17.9. The number of fused-ring (bicyclic) bond motifs is 1. The van der Waals surface area contributed by atoms with Crippen LogP contribution in [0.25, 0.3) is 0 Å². The Hall–Kier alpha value is -2.45. The standard InChI is InChI=1S/C18H18F3NO5/c19-18(20,21)13-8-22(7-12(13)17(24)25)16(23)11-6-10(11)9-1-2-14-15(5-9)27-4-3-26-14/h1-2,5,10-13H,3-4,6-8H2,(H,24,25)/t10?,11?,12-,13-/m1/s1. The van der Waals surface area contributed by atoms with E-state index in [9.17, 15) is 22.8 Å². The van der Waals surface area contributed by atoms with Gasteiger partial charge in [0.2, 0.25) is 5.91 Å². The summed E-state index contributed by atoms with van der Waals surface area (Å²) in [6, 6.07) is 5.39. The van der Waals surface area contributed by atoms with Gasteiger partial charge < -0.3 is 19.5 Å². The average molecular weight is 385 g/mol. The van der Waals surface area contributed by atoms with Gasteiger partial charge in [0, 0.05) is 19.0 Å². The second kappa shape index (κ2) is 6.31. The van der Waals surface area contributed by atoms with Crippen molar-refractivity contribution in [3.63, 3.8) is 0 Å². The first-order valence-electron chi connectivity index (χ1n) is 8.73. The number of halogens is 3. The number of nitrogens with zero attached hydrogens (tertiary/aromatic N) is 1. The van der Waals surface area contributed by atoms with Crippen LogP contribution in [0.4, 0.5) is 13.2 Å². The van der Waals surface area contributed by atoms with Crippen LogP contribution in [0.1, 0.15) is 17.9 Å². The van der Waals surface area contributed by atoms with E-state index in [0.717, 1.165) is 10.5 Å². The number of carbonyl (C=O) groups is 2. The summed E-state index contributed by atoms with van der Waals surface area (Å²) in [4.78, 5) is 24.9. The van der Waals surface area contributed by atoms with Crippen LogP contribution in [0.15, 0.2) is 18.2 Å². The van der Waals surface area contributed by atoms with Gasteiger partial charge in [-0.05, 0) is 30.0 Å². The van der Waals surface area contributed by atoms with E-state index in [1.807, 2.05) is 6.07 Å². The fraction of sp³-hybridized carbons (Fsp3) is 0.556. The third-order valence-corrected chi connectivity index (χ3v) is 5.47. The van der Waals surface area contributed by atoms with Crippen molar-refractivity contribution < 1.29 is 37.3 Å². The molecule has 0 aromatic heterocycles. The normalized spacial score (nSPS) is 29.5. The molecule has 2 unspecified atom stereocenters. The molecule has 0 radical (unpaired) electrons. The van der Waals surface area contributed by atoms with Crippen LogP contribution in [-0.4, -0.2) is 54.4 Å². The second-order valence-electron chi connectivity index (χ2n) is 7.19. The highest BCUT2D eigenvalue weighted by molar-refractivity contribution is 5.84. The Kier molecular flexibility index (Phi) is 4.20. The summed E-state index contributed by atoms with van der Waals surface area (Å²) in [5.41, 5.74) is 0.874. The molecule has 1 aromatic rings. The number of benzene rings is 1. The Morgan fingerprint density at radius 3 is 2.41 bits per heavy atom. The highest BCUT2D eigenvalue weighted by atomic mass is 19.4. The quantitative estimate of drug-likeness (QED) is 0.864. The number of carbonyl (C=O) groups excluding carboxylic acids is 1. The Balaban J connectivity index is 1.45. The lowest BCUT2D eigenvalue weighted by atomic mass is 9.96. The molecule has 146 valence electrons. The SMILES string of the molecule is O=C(O)[C@@H]1CN(C(=O)C2CC2c2ccc3c(c2)OCCO3)C[C@H]1C(F)(F)F. The Labute approximate surface area is 152 Å². The van der Waals surface area contributed by atoms with Crippen molar-refractivity contribution in [1.29, 1.82) is 0 Å². The fourth-order valence-corrected chi connectivity index (χ4v) is 3.93. The van der Waals surface area contributed by atoms with E-state index in [0.29, 0.717) is 31.1 Å². The molecule has 2 fully saturated rings. The summed E-state index contributed by atoms with van der Waals surface area (Å²) >= 11 is 0. The summed E-state index contributed by atoms with van der Waals surface area (Å²) in [6.07, 6.45) is -4.11. The van der Waals surface area contributed by atoms with E-state index in [2.05, 4.69) is 0 Å². The second-order valence-corrected chi connectivity index (χ2v) is 7.19. The van der Waals surface area contributed by atoms with Gasteiger partial charge in [0.1, 0.15) is 13.2 Å². The topological polar surface area (TPSA) is 76.1 Å². The molecule has 2 heterocycles. The van der Waals surface area contributed by atoms with E-state index >= 15 is 0 Å². The molecule has 4 atom stereocenters. The molecule has 1 amide bonds. The van der Waals surface area contributed by atoms with E-state index in [-0.39, 0.29) is 5.92 Å². The molecule has 4 rings (SSSR count). The summed E-state index contributed by atoms with van der Waals surface area (Å²) in [5.74, 6) is -4.85. The maximum absolute atomic E-state index is 13.1. The van der Waals surface area contributed by atoms with E-state index < -0.39 is 48.9 Å². The molecule has 0 bridgehead atoms. The van der Waals surface area contributed by atoms with Crippen LogP contribution < -0.4 is 9.47 Å². The fourth-order valence-electron chi connectivity index (χ4n) is 3.93. The van der Waals surface area contributed by atoms with Crippen LogP contribution in [0.3, 0.4) is 0 Å². The van der Waals surface area contributed by atoms with Crippen LogP contribution in [0.2, 0.25) is 0 Å². The van der Waals surface area contributed by atoms with Gasteiger partial charge in [-0.15, -0.1) is 0 Å². The molecular formula is C18H18F3NO5. The minimum Gasteiger partial charge on any atom is -0.486 e. The molecule has 3 aliphatic rings. The number of ether oxygens (including phenoxy) is 2. The largest absolute Gasteiger partial charge is 0.486 e. The molecule has 27 heavy (non-hydrogen) atoms. The molecule has 1 aliphatic carbocycles. The predicted octanol–water partition coefficient (Wildman–Crippen LogP) is 2.28. The molecule has 1 saturated carbocycles. The number of aliphatic carboxylic acids is 1. The smallest absolute Gasteiger partial charge is 0.394 e. The third kappa shape index (κ3) is 3.30. The van der Waals surface area contributed by atoms with Gasteiger partial charge in [0.25, 0.3) is 0 Å². The molecule has 1 saturated heterocycles. The van der Waals surface area contributed by atoms with Crippen molar-refractivity contribution >= 4 is 11.9 Å². The van der Waals surface area contributed by atoms with Crippen LogP contribution in [0, 0.1) is 17.8 Å². The Morgan fingerprint density at radius 2 is 1.78 bits per heavy atom. The van der Waals surface area contributed by atoms with Crippen molar-refractivity contribution in [2.75, 3.05) is 26.3 Å². The average Bonchev–Trinajstić information content (AvgIpc) is 3.28. The van der Waals surface area contributed by atoms with Crippen LogP contribution in [-0.2, 0) is 9.59 Å². The Bertz CT molecular complexity index is 781. The number of hydrogen-bond donors (Lipinski definition) is 1. The molecule has 2 aliphatic heterocycles. The van der Waals surface area contributed by atoms with Crippen molar-refractivity contribution in [1.82, 2.24) is 4.90 Å². The maximum atomic E-state index is 13.1. The number of hydrogen-bond acceptors (Lipinski definition) is 4. The Morgan fingerprint density at radius 1 is 1.07 bits per heavy atom. The number of rotatable bonds is 3. The summed E-state index contributed by atoms with van der Waals surface area (Å²) in [5, 5.41) is 9.08. The van der Waals surface area contributed by atoms with Gasteiger partial charge in [0.15, 0.2) is 11.5 Å². The monoisotopic (exact) mass is 385 g/mol. The lowest BCUT2D eigenvalue weighted by Gasteiger charge is -2.19. The van der Waals surface area contributed by atoms with Crippen molar-refractivity contribution in [2.24, 2.45) is 17.8 Å². The molecular weight excluding hydrogens is 367 g/mol. The number of alkyl halides is 3. The predicted molar refractivity (Wildman–Crippen MR) is 85.5 cm³/mol. The van der Waals surface area contributed by atoms with E-state index in [1.165, 1.54) is 0 Å². The highest BCUT2D eigenvalue weighted by Crippen LogP contribution is 2.51. The number of carboxylic acids is 1. The van der Waals surface area contributed by atoms with E-state index in [4.69, 9.17) is 14.6 Å². The molecule has 9 heteroatoms. The highest BCUT2D eigenvalue weighted by Gasteiger charge is 2.56. The summed E-state index contributed by atoms with van der Waals surface area (Å²) in [7, 11) is 0. The van der Waals surface area contributed by atoms with Crippen molar-refractivity contribution in [2.45, 2.75) is 18.5 Å². The van der Waals surface area contributed by atoms with Crippen molar-refractivity contribution in [3.05, 3.63) is 23.8 Å². The molecule has 1 aromatic carbocycles. The van der Waals surface area contributed by atoms with Crippen LogP contribution in [0.5, 0.6) is 11.5 Å². The third-order valence-electron chi connectivity index (χ3n) is 5.47. The van der Waals surface area contributed by atoms with Gasteiger partial charge in [-0.3, -0.25) is 9.59 Å². The minimum atomic E-state index is -4.64. The molecule has 6 nitrogen and oxygen atoms in total. The van der Waals surface area contributed by atoms with Crippen molar-refractivity contribution in [3.8, 4) is 11.5 Å². The lowest BCUT2D eigenvalue weighted by molar-refractivity contribution is -0.188. The minimum absolute atomic E-state index is 0.0958. The first-order valence-corrected chi connectivity index (χ1v) is 8.73. The number of carboxylic acid groups (broad SMARTS) is 1. The summed E-state index contributed by atoms with van der Waals surface area (Å²) < 4.78 is 50.3. The van der Waals surface area contributed by atoms with Gasteiger partial charge in [-0.2, -0.15) is 13.2 Å². The van der Waals surface area contributed by atoms with Gasteiger partial charge in [0.05, 0.1) is 11.8 Å². The molecule has 1 N–H and O–H groups in total. The first-order chi connectivity index (χ1) is 12.8. The van der Waals surface area contributed by atoms with Gasteiger partial charge >= 0.3 is 12.1 Å².